The van der Waals surface area contributed by atoms with Crippen molar-refractivity contribution in [2.24, 2.45) is 5.92 Å². The molecule has 0 radical (unpaired) electrons. The van der Waals surface area contributed by atoms with E-state index in [0.29, 0.717) is 18.9 Å². The second-order valence-corrected chi connectivity index (χ2v) is 4.96. The summed E-state index contributed by atoms with van der Waals surface area (Å²) < 4.78 is 19.0. The fourth-order valence-corrected chi connectivity index (χ4v) is 2.50. The number of aliphatic hydroxyl groups is 1. The van der Waals surface area contributed by atoms with Gasteiger partial charge in [-0.05, 0) is 48.8 Å². The maximum Gasteiger partial charge on any atom is 0.154 e. The first-order valence-corrected chi connectivity index (χ1v) is 6.73. The maximum atomic E-state index is 13.9. The average Bonchev–Trinajstić information content (AvgIpc) is 3.08. The number of rotatable bonds is 6. The zero-order valence-electron chi connectivity index (χ0n) is 11.0. The lowest BCUT2D eigenvalue weighted by molar-refractivity contribution is -0.101. The van der Waals surface area contributed by atoms with Crippen LogP contribution in [0.2, 0.25) is 0 Å². The van der Waals surface area contributed by atoms with Gasteiger partial charge in [0.25, 0.3) is 0 Å². The smallest absolute Gasteiger partial charge is 0.154 e. The summed E-state index contributed by atoms with van der Waals surface area (Å²) in [6, 6.07) is 5.52. The van der Waals surface area contributed by atoms with Crippen molar-refractivity contribution >= 4 is 0 Å². The lowest BCUT2D eigenvalue weighted by Gasteiger charge is -2.10. The normalized spacial score (nSPS) is 24.0. The molecule has 1 aromatic rings. The van der Waals surface area contributed by atoms with Crippen molar-refractivity contribution in [2.45, 2.75) is 45.3 Å². The van der Waals surface area contributed by atoms with Crippen molar-refractivity contribution in [3.05, 3.63) is 35.1 Å². The van der Waals surface area contributed by atoms with Crippen molar-refractivity contribution in [1.29, 1.82) is 0 Å². The minimum atomic E-state index is -0.706. The van der Waals surface area contributed by atoms with Crippen LogP contribution in [0.4, 0.5) is 4.39 Å². The van der Waals surface area contributed by atoms with Gasteiger partial charge in [0.2, 0.25) is 0 Å². The van der Waals surface area contributed by atoms with E-state index in [4.69, 9.17) is 4.74 Å². The van der Waals surface area contributed by atoms with Crippen LogP contribution < -0.4 is 0 Å². The van der Waals surface area contributed by atoms with Crippen LogP contribution >= 0.6 is 0 Å². The maximum absolute atomic E-state index is 13.9. The zero-order valence-corrected chi connectivity index (χ0v) is 11.0. The van der Waals surface area contributed by atoms with Crippen LogP contribution in [0.3, 0.4) is 0 Å². The molecule has 1 aromatic carbocycles. The van der Waals surface area contributed by atoms with E-state index < -0.39 is 6.29 Å². The SMILES string of the molecule is CCOC(O)CC1CC1c1ccc(CC)cc1F. The van der Waals surface area contributed by atoms with Crippen LogP contribution in [0, 0.1) is 11.7 Å². The van der Waals surface area contributed by atoms with Crippen LogP contribution in [-0.2, 0) is 11.2 Å². The summed E-state index contributed by atoms with van der Waals surface area (Å²) in [5.41, 5.74) is 1.82. The number of aliphatic hydroxyl groups excluding tert-OH is 1. The Morgan fingerprint density at radius 1 is 1.44 bits per heavy atom. The third-order valence-corrected chi connectivity index (χ3v) is 3.66. The predicted molar refractivity (Wildman–Crippen MR) is 68.9 cm³/mol. The van der Waals surface area contributed by atoms with Crippen molar-refractivity contribution in [3.63, 3.8) is 0 Å². The van der Waals surface area contributed by atoms with Crippen molar-refractivity contribution in [3.8, 4) is 0 Å². The summed E-state index contributed by atoms with van der Waals surface area (Å²) in [7, 11) is 0. The van der Waals surface area contributed by atoms with E-state index in [1.165, 1.54) is 0 Å². The minimum Gasteiger partial charge on any atom is -0.368 e. The van der Waals surface area contributed by atoms with Crippen molar-refractivity contribution < 1.29 is 14.2 Å². The lowest BCUT2D eigenvalue weighted by atomic mass is 10.0. The summed E-state index contributed by atoms with van der Waals surface area (Å²) in [5, 5.41) is 9.56. The molecule has 1 fully saturated rings. The molecule has 0 saturated heterocycles. The van der Waals surface area contributed by atoms with E-state index in [1.54, 1.807) is 6.07 Å². The Morgan fingerprint density at radius 3 is 2.83 bits per heavy atom. The van der Waals surface area contributed by atoms with Crippen molar-refractivity contribution in [2.75, 3.05) is 6.61 Å². The molecule has 2 nitrogen and oxygen atoms in total. The van der Waals surface area contributed by atoms with Gasteiger partial charge >= 0.3 is 0 Å². The quantitative estimate of drug-likeness (QED) is 0.788. The predicted octanol–water partition coefficient (Wildman–Crippen LogP) is 3.24. The van der Waals surface area contributed by atoms with E-state index in [-0.39, 0.29) is 11.7 Å². The van der Waals surface area contributed by atoms with Gasteiger partial charge in [-0.2, -0.15) is 0 Å². The fraction of sp³-hybridized carbons (Fsp3) is 0.600. The highest BCUT2D eigenvalue weighted by molar-refractivity contribution is 5.31. The largest absolute Gasteiger partial charge is 0.368 e. The molecule has 1 aliphatic carbocycles. The van der Waals surface area contributed by atoms with Gasteiger partial charge in [0, 0.05) is 13.0 Å². The summed E-state index contributed by atoms with van der Waals surface area (Å²) in [5.74, 6) is 0.507. The molecule has 18 heavy (non-hydrogen) atoms. The Kier molecular flexibility index (Phi) is 4.36. The first-order valence-electron chi connectivity index (χ1n) is 6.73. The third kappa shape index (κ3) is 3.09. The highest BCUT2D eigenvalue weighted by Crippen LogP contribution is 2.50. The second kappa shape index (κ2) is 5.81. The molecule has 0 spiro atoms. The van der Waals surface area contributed by atoms with Crippen LogP contribution in [0.5, 0.6) is 0 Å². The number of benzene rings is 1. The van der Waals surface area contributed by atoms with Crippen LogP contribution in [0.15, 0.2) is 18.2 Å². The molecule has 0 bridgehead atoms. The summed E-state index contributed by atoms with van der Waals surface area (Å²) >= 11 is 0. The zero-order chi connectivity index (χ0) is 13.1. The Morgan fingerprint density at radius 2 is 2.22 bits per heavy atom. The van der Waals surface area contributed by atoms with Gasteiger partial charge in [-0.1, -0.05) is 19.1 Å². The van der Waals surface area contributed by atoms with Gasteiger partial charge in [-0.3, -0.25) is 0 Å². The molecule has 3 unspecified atom stereocenters. The Hall–Kier alpha value is -0.930. The molecule has 1 saturated carbocycles. The van der Waals surface area contributed by atoms with Gasteiger partial charge < -0.3 is 9.84 Å². The van der Waals surface area contributed by atoms with E-state index in [2.05, 4.69) is 0 Å². The van der Waals surface area contributed by atoms with Crippen LogP contribution in [0.1, 0.15) is 43.7 Å². The molecule has 0 heterocycles. The molecule has 100 valence electrons. The van der Waals surface area contributed by atoms with Crippen LogP contribution in [0.25, 0.3) is 0 Å². The standard InChI is InChI=1S/C15H21FO2/c1-3-10-5-6-12(14(16)7-10)13-8-11(13)9-15(17)18-4-2/h5-7,11,13,15,17H,3-4,8-9H2,1-2H3. The second-order valence-electron chi connectivity index (χ2n) is 4.96. The molecular weight excluding hydrogens is 231 g/mol. The van der Waals surface area contributed by atoms with Gasteiger partial charge in [-0.25, -0.2) is 4.39 Å². The Bertz CT molecular complexity index is 405. The Balaban J connectivity index is 1.95. The molecule has 3 heteroatoms. The number of hydrogen-bond acceptors (Lipinski definition) is 2. The first-order chi connectivity index (χ1) is 8.65. The Labute approximate surface area is 108 Å². The van der Waals surface area contributed by atoms with E-state index in [1.807, 2.05) is 26.0 Å². The van der Waals surface area contributed by atoms with Gasteiger partial charge in [0.1, 0.15) is 5.82 Å². The highest BCUT2D eigenvalue weighted by atomic mass is 19.1. The summed E-state index contributed by atoms with van der Waals surface area (Å²) in [6.45, 7) is 4.39. The third-order valence-electron chi connectivity index (χ3n) is 3.66. The molecule has 0 aliphatic heterocycles. The number of aryl methyl sites for hydroxylation is 1. The number of halogens is 1. The minimum absolute atomic E-state index is 0.104. The van der Waals surface area contributed by atoms with Crippen LogP contribution in [-0.4, -0.2) is 18.0 Å². The topological polar surface area (TPSA) is 29.5 Å². The molecule has 0 aromatic heterocycles. The average molecular weight is 252 g/mol. The van der Waals surface area contributed by atoms with Gasteiger partial charge in [-0.15, -0.1) is 0 Å². The van der Waals surface area contributed by atoms with E-state index in [9.17, 15) is 9.50 Å². The number of hydrogen-bond donors (Lipinski definition) is 1. The monoisotopic (exact) mass is 252 g/mol. The molecule has 1 aliphatic rings. The first kappa shape index (κ1) is 13.5. The molecule has 0 amide bonds. The molecule has 1 N–H and O–H groups in total. The van der Waals surface area contributed by atoms with E-state index in [0.717, 1.165) is 24.0 Å². The summed E-state index contributed by atoms with van der Waals surface area (Å²) in [6.07, 6.45) is 1.71. The fourth-order valence-electron chi connectivity index (χ4n) is 2.50. The number of ether oxygens (including phenoxy) is 1. The van der Waals surface area contributed by atoms with Gasteiger partial charge in [0.05, 0.1) is 0 Å². The van der Waals surface area contributed by atoms with Gasteiger partial charge in [0.15, 0.2) is 6.29 Å². The summed E-state index contributed by atoms with van der Waals surface area (Å²) in [4.78, 5) is 0. The van der Waals surface area contributed by atoms with Crippen molar-refractivity contribution in [1.82, 2.24) is 0 Å². The lowest BCUT2D eigenvalue weighted by Crippen LogP contribution is -2.12. The molecular formula is C15H21FO2. The molecule has 2 rings (SSSR count). The highest BCUT2D eigenvalue weighted by Gasteiger charge is 2.40. The van der Waals surface area contributed by atoms with E-state index >= 15 is 0 Å². The molecule has 3 atom stereocenters.